The Morgan fingerprint density at radius 2 is 2.00 bits per heavy atom. The van der Waals surface area contributed by atoms with E-state index in [1.54, 1.807) is 26.6 Å². The summed E-state index contributed by atoms with van der Waals surface area (Å²) in [5, 5.41) is 0.347. The summed E-state index contributed by atoms with van der Waals surface area (Å²) in [7, 11) is 3.24. The van der Waals surface area contributed by atoms with Gasteiger partial charge in [0, 0.05) is 18.0 Å². The number of aromatic nitrogens is 1. The number of nitrogens with zero attached hydrogens (tertiary/aromatic N) is 1. The number of pyridine rings is 1. The lowest BCUT2D eigenvalue weighted by Gasteiger charge is -2.15. The molecule has 3 nitrogen and oxygen atoms in total. The molecule has 0 N–H and O–H groups in total. The molecule has 2 aromatic rings. The monoisotopic (exact) mass is 311 g/mol. The number of rotatable bonds is 5. The Morgan fingerprint density at radius 1 is 1.20 bits per heavy atom. The van der Waals surface area contributed by atoms with Crippen LogP contribution in [-0.2, 0) is 6.42 Å². The Labute approximate surface area is 128 Å². The van der Waals surface area contributed by atoms with Crippen molar-refractivity contribution in [2.45, 2.75) is 11.8 Å². The quantitative estimate of drug-likeness (QED) is 0.772. The molecule has 0 aliphatic rings. The van der Waals surface area contributed by atoms with Gasteiger partial charge >= 0.3 is 0 Å². The molecule has 0 amide bonds. The van der Waals surface area contributed by atoms with Crippen LogP contribution in [0.3, 0.4) is 0 Å². The second-order valence-corrected chi connectivity index (χ2v) is 5.18. The van der Waals surface area contributed by atoms with Gasteiger partial charge in [0.15, 0.2) is 0 Å². The van der Waals surface area contributed by atoms with Gasteiger partial charge in [0.1, 0.15) is 11.5 Å². The third-order valence-corrected chi connectivity index (χ3v) is 3.76. The molecular formula is C15H15Cl2NO2. The zero-order chi connectivity index (χ0) is 14.5. The molecule has 0 saturated heterocycles. The molecule has 2 rings (SSSR count). The van der Waals surface area contributed by atoms with E-state index in [0.717, 1.165) is 22.6 Å². The Balaban J connectivity index is 2.28. The number of hydrogen-bond acceptors (Lipinski definition) is 3. The largest absolute Gasteiger partial charge is 0.497 e. The summed E-state index contributed by atoms with van der Waals surface area (Å²) in [6.07, 6.45) is 3.91. The van der Waals surface area contributed by atoms with E-state index >= 15 is 0 Å². The van der Waals surface area contributed by atoms with Crippen LogP contribution in [-0.4, -0.2) is 19.2 Å². The van der Waals surface area contributed by atoms with Crippen molar-refractivity contribution in [3.63, 3.8) is 0 Å². The SMILES string of the molecule is COc1ccc(OC)c(C(Cl)Cc2ccncc2Cl)c1. The van der Waals surface area contributed by atoms with Crippen molar-refractivity contribution in [1.82, 2.24) is 4.98 Å². The van der Waals surface area contributed by atoms with Gasteiger partial charge in [0.05, 0.1) is 24.6 Å². The number of benzene rings is 1. The fraction of sp³-hybridized carbons (Fsp3) is 0.267. The minimum atomic E-state index is -0.264. The molecule has 0 aliphatic carbocycles. The smallest absolute Gasteiger partial charge is 0.123 e. The lowest BCUT2D eigenvalue weighted by molar-refractivity contribution is 0.398. The van der Waals surface area contributed by atoms with Crippen molar-refractivity contribution in [3.8, 4) is 11.5 Å². The summed E-state index contributed by atoms with van der Waals surface area (Å²) >= 11 is 12.6. The van der Waals surface area contributed by atoms with Crippen LogP contribution >= 0.6 is 23.2 Å². The van der Waals surface area contributed by atoms with Crippen molar-refractivity contribution in [2.24, 2.45) is 0 Å². The summed E-state index contributed by atoms with van der Waals surface area (Å²) in [6, 6.07) is 7.43. The molecule has 0 spiro atoms. The average Bonchev–Trinajstić information content (AvgIpc) is 2.48. The highest BCUT2D eigenvalue weighted by Crippen LogP contribution is 2.35. The zero-order valence-corrected chi connectivity index (χ0v) is 12.8. The molecule has 1 atom stereocenters. The van der Waals surface area contributed by atoms with Crippen molar-refractivity contribution >= 4 is 23.2 Å². The summed E-state index contributed by atoms with van der Waals surface area (Å²) in [4.78, 5) is 3.97. The molecule has 1 unspecified atom stereocenters. The maximum atomic E-state index is 6.51. The van der Waals surface area contributed by atoms with Gasteiger partial charge in [0.25, 0.3) is 0 Å². The number of hydrogen-bond donors (Lipinski definition) is 0. The average molecular weight is 312 g/mol. The van der Waals surface area contributed by atoms with E-state index in [4.69, 9.17) is 32.7 Å². The molecule has 0 saturated carbocycles. The second-order valence-electron chi connectivity index (χ2n) is 4.25. The number of methoxy groups -OCH3 is 2. The maximum absolute atomic E-state index is 6.51. The van der Waals surface area contributed by atoms with Crippen LogP contribution in [0, 0.1) is 0 Å². The molecule has 0 aliphatic heterocycles. The van der Waals surface area contributed by atoms with Gasteiger partial charge in [-0.2, -0.15) is 0 Å². The third kappa shape index (κ3) is 3.35. The van der Waals surface area contributed by atoms with Crippen molar-refractivity contribution < 1.29 is 9.47 Å². The zero-order valence-electron chi connectivity index (χ0n) is 11.3. The normalized spacial score (nSPS) is 12.0. The number of halogens is 2. The van der Waals surface area contributed by atoms with E-state index in [2.05, 4.69) is 4.98 Å². The van der Waals surface area contributed by atoms with E-state index in [1.165, 1.54) is 0 Å². The van der Waals surface area contributed by atoms with Gasteiger partial charge in [-0.05, 0) is 36.2 Å². The van der Waals surface area contributed by atoms with Crippen molar-refractivity contribution in [2.75, 3.05) is 14.2 Å². The molecule has 0 bridgehead atoms. The second kappa shape index (κ2) is 6.82. The van der Waals surface area contributed by atoms with E-state index in [-0.39, 0.29) is 5.38 Å². The summed E-state index contributed by atoms with van der Waals surface area (Å²) < 4.78 is 10.6. The Kier molecular flexibility index (Phi) is 5.10. The van der Waals surface area contributed by atoms with Crippen molar-refractivity contribution in [3.05, 3.63) is 52.8 Å². The predicted molar refractivity (Wildman–Crippen MR) is 81.1 cm³/mol. The standard InChI is InChI=1S/C15H15Cl2NO2/c1-19-11-3-4-15(20-2)12(8-11)13(16)7-10-5-6-18-9-14(10)17/h3-6,8-9,13H,7H2,1-2H3. The molecule has 0 radical (unpaired) electrons. The number of alkyl halides is 1. The number of ether oxygens (including phenoxy) is 2. The first kappa shape index (κ1) is 14.9. The van der Waals surface area contributed by atoms with Crippen LogP contribution in [0.2, 0.25) is 5.02 Å². The lowest BCUT2D eigenvalue weighted by atomic mass is 10.0. The Morgan fingerprint density at radius 3 is 2.65 bits per heavy atom. The predicted octanol–water partition coefficient (Wildman–Crippen LogP) is 4.27. The van der Waals surface area contributed by atoms with E-state index in [1.807, 2.05) is 24.3 Å². The molecule has 20 heavy (non-hydrogen) atoms. The molecule has 0 fully saturated rings. The third-order valence-electron chi connectivity index (χ3n) is 3.03. The van der Waals surface area contributed by atoms with Crippen molar-refractivity contribution in [1.29, 1.82) is 0 Å². The minimum absolute atomic E-state index is 0.264. The first-order valence-electron chi connectivity index (χ1n) is 6.10. The first-order valence-corrected chi connectivity index (χ1v) is 6.91. The van der Waals surface area contributed by atoms with Crippen LogP contribution < -0.4 is 9.47 Å². The molecular weight excluding hydrogens is 297 g/mol. The van der Waals surface area contributed by atoms with E-state index in [9.17, 15) is 0 Å². The van der Waals surface area contributed by atoms with Crippen LogP contribution in [0.15, 0.2) is 36.7 Å². The van der Waals surface area contributed by atoms with Gasteiger partial charge in [-0.15, -0.1) is 11.6 Å². The first-order chi connectivity index (χ1) is 9.65. The molecule has 1 aromatic carbocycles. The van der Waals surface area contributed by atoms with Crippen LogP contribution in [0.1, 0.15) is 16.5 Å². The molecule has 1 aromatic heterocycles. The topological polar surface area (TPSA) is 31.4 Å². The van der Waals surface area contributed by atoms with Gasteiger partial charge < -0.3 is 9.47 Å². The van der Waals surface area contributed by atoms with Gasteiger partial charge in [0.2, 0.25) is 0 Å². The van der Waals surface area contributed by atoms with Crippen LogP contribution in [0.4, 0.5) is 0 Å². The minimum Gasteiger partial charge on any atom is -0.497 e. The molecule has 1 heterocycles. The van der Waals surface area contributed by atoms with Crippen LogP contribution in [0.5, 0.6) is 11.5 Å². The fourth-order valence-corrected chi connectivity index (χ4v) is 2.49. The lowest BCUT2D eigenvalue weighted by Crippen LogP contribution is -2.01. The maximum Gasteiger partial charge on any atom is 0.123 e. The van der Waals surface area contributed by atoms with Crippen LogP contribution in [0.25, 0.3) is 0 Å². The van der Waals surface area contributed by atoms with Gasteiger partial charge in [-0.1, -0.05) is 11.6 Å². The molecule has 5 heteroatoms. The van der Waals surface area contributed by atoms with Gasteiger partial charge in [-0.3, -0.25) is 4.98 Å². The fourth-order valence-electron chi connectivity index (χ4n) is 1.96. The highest BCUT2D eigenvalue weighted by Gasteiger charge is 2.16. The summed E-state index contributed by atoms with van der Waals surface area (Å²) in [5.74, 6) is 1.48. The van der Waals surface area contributed by atoms with E-state index < -0.39 is 0 Å². The van der Waals surface area contributed by atoms with E-state index in [0.29, 0.717) is 11.4 Å². The Hall–Kier alpha value is -1.45. The Bertz CT molecular complexity index is 590. The summed E-state index contributed by atoms with van der Waals surface area (Å²) in [6.45, 7) is 0. The molecule has 106 valence electrons. The highest BCUT2D eigenvalue weighted by atomic mass is 35.5. The van der Waals surface area contributed by atoms with Gasteiger partial charge in [-0.25, -0.2) is 0 Å². The summed E-state index contributed by atoms with van der Waals surface area (Å²) in [5.41, 5.74) is 1.83. The highest BCUT2D eigenvalue weighted by molar-refractivity contribution is 6.31.